The molecule has 0 nitrogen and oxygen atoms in total. The first-order valence-electron chi connectivity index (χ1n) is 18.5. The van der Waals surface area contributed by atoms with Gasteiger partial charge in [-0.2, -0.15) is 0 Å². The van der Waals surface area contributed by atoms with Crippen molar-refractivity contribution in [2.75, 3.05) is 0 Å². The minimum Gasteiger partial charge on any atom is -0.206 e. The lowest BCUT2D eigenvalue weighted by atomic mass is 9.84. The minimum absolute atomic E-state index is 0.00465. The third-order valence-electron chi connectivity index (χ3n) is 11.2. The van der Waals surface area contributed by atoms with Crippen molar-refractivity contribution in [3.05, 3.63) is 194 Å². The Kier molecular flexibility index (Phi) is 7.20. The molecular weight excluding hydrogens is 695 g/mol. The Labute approximate surface area is 320 Å². The van der Waals surface area contributed by atoms with E-state index in [1.807, 2.05) is 36.4 Å². The molecule has 11 rings (SSSR count). The summed E-state index contributed by atoms with van der Waals surface area (Å²) in [6, 6.07) is 61.9. The van der Waals surface area contributed by atoms with Gasteiger partial charge in [-0.15, -0.1) is 11.3 Å². The van der Waals surface area contributed by atoms with Crippen molar-refractivity contribution in [1.82, 2.24) is 0 Å². The first kappa shape index (κ1) is 31.8. The molecule has 1 heterocycles. The molecule has 0 N–H and O–H groups in total. The quantitative estimate of drug-likeness (QED) is 0.159. The van der Waals surface area contributed by atoms with Gasteiger partial charge in [0.1, 0.15) is 11.6 Å². The van der Waals surface area contributed by atoms with Gasteiger partial charge in [0.25, 0.3) is 0 Å². The predicted octanol–water partition coefficient (Wildman–Crippen LogP) is 15.6. The second kappa shape index (κ2) is 12.4. The Morgan fingerprint density at radius 1 is 0.291 bits per heavy atom. The molecular formula is C52H30F2S. The van der Waals surface area contributed by atoms with Gasteiger partial charge in [-0.05, 0) is 101 Å². The number of thiophene rings is 1. The molecule has 258 valence electrons. The largest absolute Gasteiger partial charge is 0.206 e. The summed E-state index contributed by atoms with van der Waals surface area (Å²) in [4.78, 5) is 0. The SMILES string of the molecule is Fc1cccc(F)c1-c1c2ccccc2c(-c2cccc3sc4cc(-c5c6ccccc6c(-c6ccccc6)c6ccccc56)ccc4c23)c2ccccc12. The third-order valence-corrected chi connectivity index (χ3v) is 12.3. The Morgan fingerprint density at radius 3 is 1.29 bits per heavy atom. The molecule has 0 amide bonds. The van der Waals surface area contributed by atoms with Gasteiger partial charge in [0.2, 0.25) is 0 Å². The van der Waals surface area contributed by atoms with Crippen molar-refractivity contribution < 1.29 is 8.78 Å². The Bertz CT molecular complexity index is 3210. The smallest absolute Gasteiger partial charge is 0.134 e. The van der Waals surface area contributed by atoms with Crippen LogP contribution in [0.3, 0.4) is 0 Å². The van der Waals surface area contributed by atoms with E-state index in [4.69, 9.17) is 0 Å². The molecule has 0 spiro atoms. The zero-order chi connectivity index (χ0) is 36.6. The highest BCUT2D eigenvalue weighted by Gasteiger charge is 2.23. The number of hydrogen-bond donors (Lipinski definition) is 0. The molecule has 10 aromatic carbocycles. The molecule has 0 bridgehead atoms. The summed E-state index contributed by atoms with van der Waals surface area (Å²) < 4.78 is 33.5. The van der Waals surface area contributed by atoms with Crippen LogP contribution in [0.4, 0.5) is 8.78 Å². The van der Waals surface area contributed by atoms with Crippen LogP contribution in [-0.2, 0) is 0 Å². The average Bonchev–Trinajstić information content (AvgIpc) is 3.61. The van der Waals surface area contributed by atoms with Gasteiger partial charge < -0.3 is 0 Å². The van der Waals surface area contributed by atoms with Crippen LogP contribution in [0, 0.1) is 11.6 Å². The van der Waals surface area contributed by atoms with E-state index in [9.17, 15) is 0 Å². The van der Waals surface area contributed by atoms with Crippen LogP contribution in [0.5, 0.6) is 0 Å². The monoisotopic (exact) mass is 724 g/mol. The van der Waals surface area contributed by atoms with Gasteiger partial charge in [0.15, 0.2) is 0 Å². The number of halogens is 2. The summed E-state index contributed by atoms with van der Waals surface area (Å²) in [5, 5.41) is 10.8. The second-order valence-electron chi connectivity index (χ2n) is 14.1. The highest BCUT2D eigenvalue weighted by atomic mass is 32.1. The minimum atomic E-state index is -0.569. The van der Waals surface area contributed by atoms with Crippen molar-refractivity contribution in [1.29, 1.82) is 0 Å². The molecule has 55 heavy (non-hydrogen) atoms. The summed E-state index contributed by atoms with van der Waals surface area (Å²) in [7, 11) is 0. The van der Waals surface area contributed by atoms with Gasteiger partial charge in [-0.3, -0.25) is 0 Å². The fourth-order valence-electron chi connectivity index (χ4n) is 8.97. The molecule has 0 aliphatic heterocycles. The van der Waals surface area contributed by atoms with E-state index < -0.39 is 11.6 Å². The van der Waals surface area contributed by atoms with Crippen molar-refractivity contribution >= 4 is 74.6 Å². The standard InChI is InChI=1S/C52H30F2S/c53-43-25-13-26-44(54)52(43)51-39-22-10-8-20-37(39)49(38-21-9-11-23-40(38)51)42-24-12-27-45-50(42)41-29-28-32(30-46(41)55-45)48-35-18-6-4-16-33(35)47(31-14-2-1-3-15-31)34-17-5-7-19-36(34)48/h1-30H. The van der Waals surface area contributed by atoms with E-state index >= 15 is 8.78 Å². The van der Waals surface area contributed by atoms with Crippen LogP contribution in [0.15, 0.2) is 182 Å². The van der Waals surface area contributed by atoms with Crippen LogP contribution in [0.25, 0.3) is 108 Å². The van der Waals surface area contributed by atoms with E-state index in [-0.39, 0.29) is 5.56 Å². The lowest BCUT2D eigenvalue weighted by Gasteiger charge is -2.19. The van der Waals surface area contributed by atoms with Gasteiger partial charge in [-0.25, -0.2) is 8.78 Å². The summed E-state index contributed by atoms with van der Waals surface area (Å²) in [6.45, 7) is 0. The van der Waals surface area contributed by atoms with Gasteiger partial charge in [0, 0.05) is 25.7 Å². The lowest BCUT2D eigenvalue weighted by molar-refractivity contribution is 0.590. The van der Waals surface area contributed by atoms with Crippen LogP contribution in [-0.4, -0.2) is 0 Å². The van der Waals surface area contributed by atoms with Crippen LogP contribution < -0.4 is 0 Å². The fraction of sp³-hybridized carbons (Fsp3) is 0. The van der Waals surface area contributed by atoms with Gasteiger partial charge in [-0.1, -0.05) is 158 Å². The number of benzene rings is 10. The fourth-order valence-corrected chi connectivity index (χ4v) is 10.1. The molecule has 3 heteroatoms. The molecule has 0 atom stereocenters. The maximum absolute atomic E-state index is 15.5. The molecule has 0 saturated heterocycles. The van der Waals surface area contributed by atoms with Gasteiger partial charge in [0.05, 0.1) is 5.56 Å². The molecule has 0 aliphatic carbocycles. The van der Waals surface area contributed by atoms with Crippen LogP contribution in [0.2, 0.25) is 0 Å². The average molecular weight is 725 g/mol. The van der Waals surface area contributed by atoms with Crippen LogP contribution >= 0.6 is 11.3 Å². The summed E-state index contributed by atoms with van der Waals surface area (Å²) in [6.07, 6.45) is 0. The highest BCUT2D eigenvalue weighted by molar-refractivity contribution is 7.26. The molecule has 1 aromatic heterocycles. The Hall–Kier alpha value is -6.68. The predicted molar refractivity (Wildman–Crippen MR) is 231 cm³/mol. The van der Waals surface area contributed by atoms with Crippen molar-refractivity contribution in [3.8, 4) is 44.5 Å². The van der Waals surface area contributed by atoms with E-state index in [1.165, 1.54) is 82.2 Å². The molecule has 11 aromatic rings. The van der Waals surface area contributed by atoms with E-state index in [0.29, 0.717) is 5.56 Å². The van der Waals surface area contributed by atoms with E-state index in [1.54, 1.807) is 11.3 Å². The summed E-state index contributed by atoms with van der Waals surface area (Å²) >= 11 is 1.81. The first-order chi connectivity index (χ1) is 27.2. The normalized spacial score (nSPS) is 11.8. The summed E-state index contributed by atoms with van der Waals surface area (Å²) in [5.41, 5.74) is 7.63. The zero-order valence-electron chi connectivity index (χ0n) is 29.5. The molecule has 0 aliphatic rings. The Morgan fingerprint density at radius 2 is 0.745 bits per heavy atom. The van der Waals surface area contributed by atoms with E-state index in [0.717, 1.165) is 32.7 Å². The van der Waals surface area contributed by atoms with Gasteiger partial charge >= 0.3 is 0 Å². The van der Waals surface area contributed by atoms with Crippen molar-refractivity contribution in [3.63, 3.8) is 0 Å². The highest BCUT2D eigenvalue weighted by Crippen LogP contribution is 2.50. The van der Waals surface area contributed by atoms with Crippen LogP contribution in [0.1, 0.15) is 0 Å². The zero-order valence-corrected chi connectivity index (χ0v) is 30.3. The second-order valence-corrected chi connectivity index (χ2v) is 15.2. The summed E-state index contributed by atoms with van der Waals surface area (Å²) in [5.74, 6) is -1.14. The maximum Gasteiger partial charge on any atom is 0.134 e. The Balaban J connectivity index is 1.18. The van der Waals surface area contributed by atoms with Crippen molar-refractivity contribution in [2.24, 2.45) is 0 Å². The number of rotatable bonds is 4. The topological polar surface area (TPSA) is 0 Å². The van der Waals surface area contributed by atoms with Crippen molar-refractivity contribution in [2.45, 2.75) is 0 Å². The molecule has 0 unspecified atom stereocenters. The lowest BCUT2D eigenvalue weighted by Crippen LogP contribution is -1.95. The molecule has 0 radical (unpaired) electrons. The molecule has 0 fully saturated rings. The third kappa shape index (κ3) is 4.80. The maximum atomic E-state index is 15.5. The first-order valence-corrected chi connectivity index (χ1v) is 19.3. The molecule has 0 saturated carbocycles. The van der Waals surface area contributed by atoms with E-state index in [2.05, 4.69) is 127 Å². The number of hydrogen-bond acceptors (Lipinski definition) is 1. The number of fused-ring (bicyclic) bond motifs is 7.